The van der Waals surface area contributed by atoms with Gasteiger partial charge in [0.25, 0.3) is 0 Å². The molecular weight excluding hydrogens is 395 g/mol. The zero-order valence-corrected chi connectivity index (χ0v) is 17.6. The summed E-state index contributed by atoms with van der Waals surface area (Å²) >= 11 is 11.9. The van der Waals surface area contributed by atoms with Gasteiger partial charge < -0.3 is 15.4 Å². The average Bonchev–Trinajstić information content (AvgIpc) is 2.70. The maximum Gasteiger partial charge on any atom is 0.213 e. The van der Waals surface area contributed by atoms with E-state index in [0.29, 0.717) is 23.4 Å². The highest BCUT2D eigenvalue weighted by Crippen LogP contribution is 2.32. The van der Waals surface area contributed by atoms with E-state index in [4.69, 9.17) is 37.9 Å². The van der Waals surface area contributed by atoms with Crippen molar-refractivity contribution in [1.29, 1.82) is 0 Å². The second kappa shape index (κ2) is 10.6. The number of nitrogens with zero attached hydrogens (tertiary/aromatic N) is 2. The van der Waals surface area contributed by atoms with Crippen molar-refractivity contribution in [2.75, 3.05) is 37.4 Å². The predicted molar refractivity (Wildman–Crippen MR) is 119 cm³/mol. The van der Waals surface area contributed by atoms with Crippen molar-refractivity contribution in [3.05, 3.63) is 35.4 Å². The van der Waals surface area contributed by atoms with Gasteiger partial charge in [0.15, 0.2) is 0 Å². The first-order chi connectivity index (χ1) is 13.7. The molecule has 1 aromatic carbocycles. The molecule has 0 fully saturated rings. The number of hydrogen-bond donors (Lipinski definition) is 2. The molecule has 5 nitrogen and oxygen atoms in total. The number of benzene rings is 1. The zero-order chi connectivity index (χ0) is 19.8. The van der Waals surface area contributed by atoms with E-state index in [-0.39, 0.29) is 0 Å². The van der Waals surface area contributed by atoms with Gasteiger partial charge in [-0.1, -0.05) is 24.9 Å². The van der Waals surface area contributed by atoms with Gasteiger partial charge in [0.1, 0.15) is 5.52 Å². The summed E-state index contributed by atoms with van der Waals surface area (Å²) in [5.74, 6) is 1.25. The standard InChI is InChI=1S/C21H26Cl2N4O/c1-2-3-13-28-19-8-7-17-21(27-19)20(25-11-4-10-24-12-9-22)16-6-5-15(23)14-18(16)26-17/h5-8,14,24H,2-4,9-13H2,1H3,(H,25,26). The number of ether oxygens (including phenoxy) is 1. The third-order valence-electron chi connectivity index (χ3n) is 4.41. The van der Waals surface area contributed by atoms with E-state index < -0.39 is 0 Å². The summed E-state index contributed by atoms with van der Waals surface area (Å²) in [6.45, 7) is 5.35. The number of fused-ring (bicyclic) bond motifs is 2. The lowest BCUT2D eigenvalue weighted by Gasteiger charge is -2.14. The van der Waals surface area contributed by atoms with Crippen molar-refractivity contribution >= 4 is 50.8 Å². The van der Waals surface area contributed by atoms with Gasteiger partial charge in [-0.2, -0.15) is 0 Å². The van der Waals surface area contributed by atoms with E-state index in [2.05, 4.69) is 17.6 Å². The van der Waals surface area contributed by atoms with Crippen molar-refractivity contribution in [2.24, 2.45) is 0 Å². The van der Waals surface area contributed by atoms with Crippen LogP contribution in [0.25, 0.3) is 21.9 Å². The first-order valence-corrected chi connectivity index (χ1v) is 10.7. The van der Waals surface area contributed by atoms with Crippen LogP contribution in [0.5, 0.6) is 5.88 Å². The average molecular weight is 421 g/mol. The summed E-state index contributed by atoms with van der Waals surface area (Å²) in [7, 11) is 0. The van der Waals surface area contributed by atoms with Crippen molar-refractivity contribution in [3.63, 3.8) is 0 Å². The largest absolute Gasteiger partial charge is 0.478 e. The Morgan fingerprint density at radius 3 is 2.71 bits per heavy atom. The molecular formula is C21H26Cl2N4O. The van der Waals surface area contributed by atoms with E-state index in [0.717, 1.165) is 66.5 Å². The first-order valence-electron chi connectivity index (χ1n) is 9.76. The molecule has 150 valence electrons. The van der Waals surface area contributed by atoms with Gasteiger partial charge in [-0.3, -0.25) is 0 Å². The van der Waals surface area contributed by atoms with Crippen molar-refractivity contribution in [3.8, 4) is 5.88 Å². The molecule has 0 radical (unpaired) electrons. The van der Waals surface area contributed by atoms with Crippen LogP contribution in [0, 0.1) is 0 Å². The molecule has 0 saturated carbocycles. The Morgan fingerprint density at radius 1 is 1.00 bits per heavy atom. The molecule has 0 atom stereocenters. The Hall–Kier alpha value is -1.82. The summed E-state index contributed by atoms with van der Waals surface area (Å²) in [6.07, 6.45) is 3.07. The Morgan fingerprint density at radius 2 is 1.89 bits per heavy atom. The van der Waals surface area contributed by atoms with Crippen LogP contribution >= 0.6 is 23.2 Å². The number of rotatable bonds is 11. The number of pyridine rings is 2. The highest BCUT2D eigenvalue weighted by Gasteiger charge is 2.12. The van der Waals surface area contributed by atoms with Crippen LogP contribution in [0.2, 0.25) is 5.02 Å². The van der Waals surface area contributed by atoms with E-state index in [9.17, 15) is 0 Å². The minimum Gasteiger partial charge on any atom is -0.478 e. The van der Waals surface area contributed by atoms with Crippen LogP contribution in [0.1, 0.15) is 26.2 Å². The number of halogens is 2. The summed E-state index contributed by atoms with van der Waals surface area (Å²) in [4.78, 5) is 9.47. The number of unbranched alkanes of at least 4 members (excludes halogenated alkanes) is 1. The van der Waals surface area contributed by atoms with Gasteiger partial charge in [-0.05, 0) is 43.7 Å². The molecule has 7 heteroatoms. The normalized spacial score (nSPS) is 11.2. The monoisotopic (exact) mass is 420 g/mol. The Labute approximate surface area is 175 Å². The molecule has 2 aromatic heterocycles. The first kappa shape index (κ1) is 20.9. The molecule has 0 bridgehead atoms. The van der Waals surface area contributed by atoms with Gasteiger partial charge in [-0.25, -0.2) is 9.97 Å². The lowest BCUT2D eigenvalue weighted by molar-refractivity contribution is 0.299. The van der Waals surface area contributed by atoms with Gasteiger partial charge in [-0.15, -0.1) is 11.6 Å². The third kappa shape index (κ3) is 5.37. The van der Waals surface area contributed by atoms with Crippen molar-refractivity contribution < 1.29 is 4.74 Å². The van der Waals surface area contributed by atoms with Crippen LogP contribution in [-0.2, 0) is 0 Å². The molecule has 3 aromatic rings. The maximum absolute atomic E-state index is 6.18. The molecule has 0 aliphatic heterocycles. The van der Waals surface area contributed by atoms with Gasteiger partial charge in [0.2, 0.25) is 5.88 Å². The number of anilines is 1. The Balaban J connectivity index is 1.90. The van der Waals surface area contributed by atoms with E-state index >= 15 is 0 Å². The van der Waals surface area contributed by atoms with Crippen molar-refractivity contribution in [1.82, 2.24) is 15.3 Å². The fourth-order valence-corrected chi connectivity index (χ4v) is 3.27. The number of hydrogen-bond acceptors (Lipinski definition) is 5. The summed E-state index contributed by atoms with van der Waals surface area (Å²) < 4.78 is 5.80. The SMILES string of the molecule is CCCCOc1ccc2nc3cc(Cl)ccc3c(NCCCNCCCl)c2n1. The topological polar surface area (TPSA) is 59.1 Å². The van der Waals surface area contributed by atoms with Crippen LogP contribution in [0.15, 0.2) is 30.3 Å². The smallest absolute Gasteiger partial charge is 0.213 e. The molecule has 3 rings (SSSR count). The molecule has 0 amide bonds. The highest BCUT2D eigenvalue weighted by atomic mass is 35.5. The van der Waals surface area contributed by atoms with Gasteiger partial charge in [0, 0.05) is 35.4 Å². The quantitative estimate of drug-likeness (QED) is 0.252. The lowest BCUT2D eigenvalue weighted by atomic mass is 10.1. The fraction of sp³-hybridized carbons (Fsp3) is 0.429. The maximum atomic E-state index is 6.18. The summed E-state index contributed by atoms with van der Waals surface area (Å²) in [5.41, 5.74) is 3.46. The lowest BCUT2D eigenvalue weighted by Crippen LogP contribution is -2.20. The minimum atomic E-state index is 0.624. The van der Waals surface area contributed by atoms with Crippen LogP contribution < -0.4 is 15.4 Å². The van der Waals surface area contributed by atoms with Gasteiger partial charge in [0.05, 0.1) is 23.3 Å². The summed E-state index contributed by atoms with van der Waals surface area (Å²) in [5, 5.41) is 8.52. The molecule has 28 heavy (non-hydrogen) atoms. The number of nitrogens with one attached hydrogen (secondary N) is 2. The number of aromatic nitrogens is 2. The molecule has 0 aliphatic carbocycles. The minimum absolute atomic E-state index is 0.624. The van der Waals surface area contributed by atoms with E-state index in [1.54, 1.807) is 0 Å². The molecule has 2 N–H and O–H groups in total. The molecule has 0 aliphatic rings. The molecule has 2 heterocycles. The van der Waals surface area contributed by atoms with Gasteiger partial charge >= 0.3 is 0 Å². The second-order valence-corrected chi connectivity index (χ2v) is 7.40. The second-order valence-electron chi connectivity index (χ2n) is 6.59. The van der Waals surface area contributed by atoms with E-state index in [1.807, 2.05) is 30.3 Å². The van der Waals surface area contributed by atoms with Crippen LogP contribution in [0.3, 0.4) is 0 Å². The zero-order valence-electron chi connectivity index (χ0n) is 16.1. The fourth-order valence-electron chi connectivity index (χ4n) is 2.97. The van der Waals surface area contributed by atoms with Crippen LogP contribution in [0.4, 0.5) is 5.69 Å². The Bertz CT molecular complexity index is 920. The van der Waals surface area contributed by atoms with E-state index in [1.165, 1.54) is 0 Å². The van der Waals surface area contributed by atoms with Crippen LogP contribution in [-0.4, -0.2) is 42.1 Å². The Kier molecular flexibility index (Phi) is 7.95. The number of alkyl halides is 1. The highest BCUT2D eigenvalue weighted by molar-refractivity contribution is 6.31. The predicted octanol–water partition coefficient (Wildman–Crippen LogP) is 5.25. The molecule has 0 saturated heterocycles. The summed E-state index contributed by atoms with van der Waals surface area (Å²) in [6, 6.07) is 9.59. The third-order valence-corrected chi connectivity index (χ3v) is 4.83. The molecule has 0 unspecified atom stereocenters. The molecule has 0 spiro atoms. The van der Waals surface area contributed by atoms with Crippen molar-refractivity contribution in [2.45, 2.75) is 26.2 Å².